The number of rotatable bonds is 20. The molecular weight excluding hydrogens is 494 g/mol. The molecule has 0 fully saturated rings. The van der Waals surface area contributed by atoms with Gasteiger partial charge in [-0.3, -0.25) is 14.4 Å². The topological polar surface area (TPSA) is 165 Å². The zero-order chi connectivity index (χ0) is 29.6. The predicted molar refractivity (Wildman–Crippen MR) is 145 cm³/mol. The van der Waals surface area contributed by atoms with Crippen LogP contribution in [-0.4, -0.2) is 101 Å². The average molecular weight is 546 g/mol. The van der Waals surface area contributed by atoms with Crippen LogP contribution in [0.2, 0.25) is 0 Å². The Morgan fingerprint density at radius 3 is 1.97 bits per heavy atom. The SMILES string of the molecule is CCCC[C@H](NC)C(=O)OC(CC(=O)[C@@H]([C@H](C)CCCC(C)O)N(C)C(=O)[C@H](C)NC)(CC(C)O)C(=O)O. The highest BCUT2D eigenvalue weighted by atomic mass is 16.6. The molecule has 0 saturated carbocycles. The number of unbranched alkanes of at least 4 members (excludes halogenated alkanes) is 1. The number of aliphatic hydroxyl groups excluding tert-OH is 2. The van der Waals surface area contributed by atoms with Crippen LogP contribution in [0.4, 0.5) is 0 Å². The van der Waals surface area contributed by atoms with E-state index in [0.29, 0.717) is 32.1 Å². The Bertz CT molecular complexity index is 761. The molecule has 11 heteroatoms. The van der Waals surface area contributed by atoms with Gasteiger partial charge in [0.25, 0.3) is 0 Å². The third-order valence-corrected chi connectivity index (χ3v) is 6.97. The number of nitrogens with zero attached hydrogens (tertiary/aromatic N) is 1. The summed E-state index contributed by atoms with van der Waals surface area (Å²) >= 11 is 0. The molecule has 38 heavy (non-hydrogen) atoms. The number of Topliss-reactive ketones (excluding diaryl/α,β-unsaturated/α-hetero) is 1. The maximum absolute atomic E-state index is 13.8. The van der Waals surface area contributed by atoms with E-state index in [1.54, 1.807) is 34.9 Å². The van der Waals surface area contributed by atoms with E-state index in [2.05, 4.69) is 10.6 Å². The molecule has 7 atom stereocenters. The molecule has 0 aliphatic heterocycles. The van der Waals surface area contributed by atoms with Crippen LogP contribution < -0.4 is 10.6 Å². The van der Waals surface area contributed by atoms with Crippen LogP contribution in [0.3, 0.4) is 0 Å². The number of hydrogen-bond donors (Lipinski definition) is 5. The first kappa shape index (κ1) is 35.9. The van der Waals surface area contributed by atoms with Gasteiger partial charge in [0.1, 0.15) is 6.04 Å². The van der Waals surface area contributed by atoms with E-state index in [-0.39, 0.29) is 11.8 Å². The van der Waals surface area contributed by atoms with Crippen LogP contribution in [0.1, 0.15) is 86.0 Å². The summed E-state index contributed by atoms with van der Waals surface area (Å²) in [7, 11) is 4.68. The molecule has 222 valence electrons. The summed E-state index contributed by atoms with van der Waals surface area (Å²) < 4.78 is 5.55. The van der Waals surface area contributed by atoms with Crippen LogP contribution in [-0.2, 0) is 23.9 Å². The molecule has 3 unspecified atom stereocenters. The first-order valence-electron chi connectivity index (χ1n) is 13.6. The van der Waals surface area contributed by atoms with Crippen LogP contribution >= 0.6 is 0 Å². The van der Waals surface area contributed by atoms with Crippen LogP contribution in [0.15, 0.2) is 0 Å². The molecule has 11 nitrogen and oxygen atoms in total. The second-order valence-electron chi connectivity index (χ2n) is 10.6. The molecule has 0 aliphatic carbocycles. The summed E-state index contributed by atoms with van der Waals surface area (Å²) in [4.78, 5) is 53.7. The fourth-order valence-corrected chi connectivity index (χ4v) is 4.65. The van der Waals surface area contributed by atoms with E-state index < -0.39 is 66.5 Å². The van der Waals surface area contributed by atoms with Gasteiger partial charge in [-0.05, 0) is 60.0 Å². The summed E-state index contributed by atoms with van der Waals surface area (Å²) in [5.41, 5.74) is -2.31. The van der Waals surface area contributed by atoms with Crippen molar-refractivity contribution in [3.05, 3.63) is 0 Å². The minimum absolute atomic E-state index is 0.350. The quantitative estimate of drug-likeness (QED) is 0.141. The van der Waals surface area contributed by atoms with Gasteiger partial charge in [-0.15, -0.1) is 0 Å². The van der Waals surface area contributed by atoms with Gasteiger partial charge in [-0.25, -0.2) is 4.79 Å². The molecule has 0 radical (unpaired) electrons. The Morgan fingerprint density at radius 2 is 1.53 bits per heavy atom. The van der Waals surface area contributed by atoms with E-state index in [0.717, 1.165) is 6.42 Å². The lowest BCUT2D eigenvalue weighted by Gasteiger charge is -2.37. The highest BCUT2D eigenvalue weighted by molar-refractivity contribution is 5.95. The number of hydrogen-bond acceptors (Lipinski definition) is 9. The summed E-state index contributed by atoms with van der Waals surface area (Å²) in [5, 5.41) is 35.7. The standard InChI is InChI=1S/C27H51N3O8/c1-9-10-14-21(29-7)25(35)38-27(26(36)37,15-19(4)32)16-22(33)23(17(2)12-11-13-18(3)31)30(8)24(34)20(5)28-6/h17-21,23,28-29,31-32H,9-16H2,1-8H3,(H,36,37)/t17-,18?,19?,20+,21+,23-,27?/m1/s1. The lowest BCUT2D eigenvalue weighted by atomic mass is 9.83. The van der Waals surface area contributed by atoms with Crippen LogP contribution in [0, 0.1) is 5.92 Å². The molecular formula is C27H51N3O8. The Morgan fingerprint density at radius 1 is 0.921 bits per heavy atom. The van der Waals surface area contributed by atoms with E-state index in [1.165, 1.54) is 18.9 Å². The molecule has 0 aliphatic rings. The smallest absolute Gasteiger partial charge is 0.348 e. The fourth-order valence-electron chi connectivity index (χ4n) is 4.65. The lowest BCUT2D eigenvalue weighted by molar-refractivity contribution is -0.186. The second-order valence-corrected chi connectivity index (χ2v) is 10.6. The molecule has 0 spiro atoms. The number of aliphatic hydroxyl groups is 2. The maximum atomic E-state index is 13.8. The van der Waals surface area contributed by atoms with Crippen molar-refractivity contribution in [1.82, 2.24) is 15.5 Å². The summed E-state index contributed by atoms with van der Waals surface area (Å²) in [6, 6.07) is -2.36. The largest absolute Gasteiger partial charge is 0.478 e. The maximum Gasteiger partial charge on any atom is 0.348 e. The number of carbonyl (C=O) groups is 4. The highest BCUT2D eigenvalue weighted by Gasteiger charge is 2.49. The van der Waals surface area contributed by atoms with Crippen molar-refractivity contribution < 1.29 is 39.2 Å². The number of amides is 1. The zero-order valence-corrected chi connectivity index (χ0v) is 24.5. The minimum Gasteiger partial charge on any atom is -0.478 e. The second kappa shape index (κ2) is 17.5. The summed E-state index contributed by atoms with van der Waals surface area (Å²) in [5.74, 6) is -3.66. The third-order valence-electron chi connectivity index (χ3n) is 6.97. The van der Waals surface area contributed by atoms with Gasteiger partial charge in [-0.1, -0.05) is 33.1 Å². The van der Waals surface area contributed by atoms with Gasteiger partial charge in [0, 0.05) is 13.5 Å². The molecule has 0 aromatic carbocycles. The normalized spacial score (nSPS) is 17.8. The molecule has 0 rings (SSSR count). The van der Waals surface area contributed by atoms with Crippen LogP contribution in [0.5, 0.6) is 0 Å². The monoisotopic (exact) mass is 545 g/mol. The number of carboxylic acids is 1. The molecule has 1 amide bonds. The van der Waals surface area contributed by atoms with Crippen molar-refractivity contribution in [3.8, 4) is 0 Å². The van der Waals surface area contributed by atoms with Crippen molar-refractivity contribution in [2.45, 2.75) is 122 Å². The molecule has 0 aromatic rings. The Labute approximate surface area is 227 Å². The van der Waals surface area contributed by atoms with Gasteiger partial charge >= 0.3 is 11.9 Å². The number of likely N-dealkylation sites (N-methyl/N-ethyl adjacent to an activating group) is 3. The van der Waals surface area contributed by atoms with Gasteiger partial charge in [0.05, 0.1) is 30.7 Å². The molecule has 5 N–H and O–H groups in total. The number of aliphatic carboxylic acids is 1. The average Bonchev–Trinajstić information content (AvgIpc) is 2.82. The lowest BCUT2D eigenvalue weighted by Crippen LogP contribution is -2.56. The predicted octanol–water partition coefficient (Wildman–Crippen LogP) is 1.48. The third kappa shape index (κ3) is 11.3. The van der Waals surface area contributed by atoms with Crippen molar-refractivity contribution in [3.63, 3.8) is 0 Å². The number of esters is 1. The fraction of sp³-hybridized carbons (Fsp3) is 0.852. The van der Waals surface area contributed by atoms with E-state index in [9.17, 15) is 34.5 Å². The Hall–Kier alpha value is -2.08. The molecule has 0 heterocycles. The summed E-state index contributed by atoms with van der Waals surface area (Å²) in [6.45, 7) is 8.44. The van der Waals surface area contributed by atoms with E-state index >= 15 is 0 Å². The molecule has 0 bridgehead atoms. The summed E-state index contributed by atoms with van der Waals surface area (Å²) in [6.07, 6.45) is 0.670. The first-order chi connectivity index (χ1) is 17.7. The number of ketones is 1. The molecule has 0 aromatic heterocycles. The van der Waals surface area contributed by atoms with Crippen LogP contribution in [0.25, 0.3) is 0 Å². The molecule has 0 saturated heterocycles. The van der Waals surface area contributed by atoms with Gasteiger partial charge in [0.15, 0.2) is 5.78 Å². The number of nitrogens with one attached hydrogen (secondary N) is 2. The van der Waals surface area contributed by atoms with Crippen molar-refractivity contribution >= 4 is 23.6 Å². The Balaban J connectivity index is 6.32. The minimum atomic E-state index is -2.31. The zero-order valence-electron chi connectivity index (χ0n) is 24.5. The highest BCUT2D eigenvalue weighted by Crippen LogP contribution is 2.29. The van der Waals surface area contributed by atoms with Gasteiger partial charge in [-0.2, -0.15) is 0 Å². The number of ether oxygens (including phenoxy) is 1. The van der Waals surface area contributed by atoms with E-state index in [1.807, 2.05) is 6.92 Å². The first-order valence-corrected chi connectivity index (χ1v) is 13.6. The van der Waals surface area contributed by atoms with Crippen molar-refractivity contribution in [1.29, 1.82) is 0 Å². The van der Waals surface area contributed by atoms with Gasteiger partial charge < -0.3 is 35.6 Å². The van der Waals surface area contributed by atoms with E-state index in [4.69, 9.17) is 4.74 Å². The van der Waals surface area contributed by atoms with Crippen molar-refractivity contribution in [2.24, 2.45) is 5.92 Å². The Kier molecular flexibility index (Phi) is 16.5. The van der Waals surface area contributed by atoms with Crippen molar-refractivity contribution in [2.75, 3.05) is 21.1 Å². The number of carbonyl (C=O) groups excluding carboxylic acids is 3. The van der Waals surface area contributed by atoms with Gasteiger partial charge in [0.2, 0.25) is 11.5 Å². The number of carboxylic acid groups (broad SMARTS) is 1.